The zero-order valence-corrected chi connectivity index (χ0v) is 15.8. The smallest absolute Gasteiger partial charge is 0.453 e. The van der Waals surface area contributed by atoms with Crippen LogP contribution in [0.4, 0.5) is 13.2 Å². The summed E-state index contributed by atoms with van der Waals surface area (Å²) in [6.07, 6.45) is -3.91. The van der Waals surface area contributed by atoms with Crippen molar-refractivity contribution in [1.82, 2.24) is 19.7 Å². The summed E-state index contributed by atoms with van der Waals surface area (Å²) in [7, 11) is -1.26. The molecule has 0 aliphatic heterocycles. The van der Waals surface area contributed by atoms with E-state index in [4.69, 9.17) is 14.6 Å². The molecule has 0 spiro atoms. The van der Waals surface area contributed by atoms with Gasteiger partial charge >= 0.3 is 6.18 Å². The molecule has 1 aromatic carbocycles. The van der Waals surface area contributed by atoms with Crippen LogP contribution >= 0.6 is 0 Å². The molecule has 0 unspecified atom stereocenters. The van der Waals surface area contributed by atoms with Crippen molar-refractivity contribution in [3.8, 4) is 28.7 Å². The van der Waals surface area contributed by atoms with Gasteiger partial charge in [-0.15, -0.1) is 5.10 Å². The van der Waals surface area contributed by atoms with Crippen LogP contribution < -0.4 is 14.6 Å². The zero-order valence-electron chi connectivity index (χ0n) is 15.0. The number of aromatic nitrogens is 4. The molecule has 3 rings (SSSR count). The molecule has 0 aliphatic carbocycles. The summed E-state index contributed by atoms with van der Waals surface area (Å²) in [5.74, 6) is -1.11. The minimum Gasteiger partial charge on any atom is -0.497 e. The fourth-order valence-electron chi connectivity index (χ4n) is 2.42. The summed E-state index contributed by atoms with van der Waals surface area (Å²) in [6, 6.07) is 6.70. The Morgan fingerprint density at radius 1 is 1.10 bits per heavy atom. The average molecular weight is 429 g/mol. The lowest BCUT2D eigenvalue weighted by Gasteiger charge is -2.11. The average Bonchev–Trinajstić information content (AvgIpc) is 3.12. The molecule has 0 amide bonds. The Morgan fingerprint density at radius 3 is 2.34 bits per heavy atom. The molecule has 9 nitrogen and oxygen atoms in total. The fraction of sp³-hybridized carbons (Fsp3) is 0.188. The number of sulfonamides is 1. The predicted molar refractivity (Wildman–Crippen MR) is 94.1 cm³/mol. The molecule has 0 saturated carbocycles. The molecule has 0 atom stereocenters. The van der Waals surface area contributed by atoms with Gasteiger partial charge in [0.2, 0.25) is 10.0 Å². The third-order valence-corrected chi connectivity index (χ3v) is 4.68. The Morgan fingerprint density at radius 2 is 1.83 bits per heavy atom. The van der Waals surface area contributed by atoms with Crippen LogP contribution in [0.5, 0.6) is 11.5 Å². The molecule has 2 heterocycles. The SMILES string of the molecule is COc1ccc(-c2nc(C(F)(F)F)nn2-c2ccc(S(N)(=O)=O)cn2)c(OC)c1. The van der Waals surface area contributed by atoms with E-state index in [9.17, 15) is 21.6 Å². The van der Waals surface area contributed by atoms with Crippen molar-refractivity contribution in [1.29, 1.82) is 0 Å². The molecule has 3 aromatic rings. The van der Waals surface area contributed by atoms with Crippen molar-refractivity contribution in [2.45, 2.75) is 11.1 Å². The Balaban J connectivity index is 2.22. The van der Waals surface area contributed by atoms with Crippen molar-refractivity contribution in [2.75, 3.05) is 14.2 Å². The summed E-state index contributed by atoms with van der Waals surface area (Å²) < 4.78 is 73.6. The standard InChI is InChI=1S/C16H14F3N5O4S/c1-27-9-3-5-11(12(7-9)28-2)14-22-15(16(17,18)19)23-24(14)13-6-4-10(8-21-13)29(20,25)26/h3-8H,1-2H3,(H2,20,25,26). The number of methoxy groups -OCH3 is 2. The first kappa shape index (κ1) is 20.5. The number of hydrogen-bond donors (Lipinski definition) is 1. The molecule has 0 bridgehead atoms. The number of ether oxygens (including phenoxy) is 2. The Labute approximate surface area is 163 Å². The molecule has 154 valence electrons. The van der Waals surface area contributed by atoms with Gasteiger partial charge in [0, 0.05) is 12.3 Å². The van der Waals surface area contributed by atoms with E-state index in [1.165, 1.54) is 32.4 Å². The van der Waals surface area contributed by atoms with Crippen molar-refractivity contribution in [2.24, 2.45) is 5.14 Å². The minimum absolute atomic E-state index is 0.103. The number of alkyl halides is 3. The Kier molecular flexibility index (Phi) is 5.19. The highest BCUT2D eigenvalue weighted by Gasteiger charge is 2.38. The van der Waals surface area contributed by atoms with E-state index in [1.807, 2.05) is 0 Å². The predicted octanol–water partition coefficient (Wildman–Crippen LogP) is 2.01. The highest BCUT2D eigenvalue weighted by molar-refractivity contribution is 7.89. The van der Waals surface area contributed by atoms with Gasteiger partial charge < -0.3 is 9.47 Å². The van der Waals surface area contributed by atoms with E-state index in [0.29, 0.717) is 5.75 Å². The van der Waals surface area contributed by atoms with Crippen LogP contribution in [0.2, 0.25) is 0 Å². The monoisotopic (exact) mass is 429 g/mol. The molecule has 2 N–H and O–H groups in total. The molecular weight excluding hydrogens is 415 g/mol. The van der Waals surface area contributed by atoms with E-state index >= 15 is 0 Å². The molecule has 13 heteroatoms. The van der Waals surface area contributed by atoms with Crippen LogP contribution in [0.1, 0.15) is 5.82 Å². The van der Waals surface area contributed by atoms with E-state index < -0.39 is 22.0 Å². The van der Waals surface area contributed by atoms with Crippen LogP contribution in [0.3, 0.4) is 0 Å². The summed E-state index contributed by atoms with van der Waals surface area (Å²) >= 11 is 0. The third kappa shape index (κ3) is 4.14. The normalized spacial score (nSPS) is 12.1. The number of benzene rings is 1. The molecule has 0 saturated heterocycles. The first-order valence-corrected chi connectivity index (χ1v) is 9.35. The van der Waals surface area contributed by atoms with Crippen LogP contribution in [0.25, 0.3) is 17.2 Å². The number of hydrogen-bond acceptors (Lipinski definition) is 7. The maximum absolute atomic E-state index is 13.2. The number of nitrogens with zero attached hydrogens (tertiary/aromatic N) is 4. The van der Waals surface area contributed by atoms with Gasteiger partial charge in [-0.05, 0) is 24.3 Å². The van der Waals surface area contributed by atoms with Crippen LogP contribution in [0.15, 0.2) is 41.4 Å². The quantitative estimate of drug-likeness (QED) is 0.658. The van der Waals surface area contributed by atoms with E-state index in [0.717, 1.165) is 23.0 Å². The second-order valence-corrected chi connectivity index (χ2v) is 7.19. The summed E-state index contributed by atoms with van der Waals surface area (Å²) in [5.41, 5.74) is 0.189. The molecule has 0 radical (unpaired) electrons. The summed E-state index contributed by atoms with van der Waals surface area (Å²) in [6.45, 7) is 0. The number of pyridine rings is 1. The maximum atomic E-state index is 13.2. The maximum Gasteiger partial charge on any atom is 0.453 e. The summed E-state index contributed by atoms with van der Waals surface area (Å²) in [5, 5.41) is 8.50. The minimum atomic E-state index is -4.82. The van der Waals surface area contributed by atoms with E-state index in [2.05, 4.69) is 15.1 Å². The van der Waals surface area contributed by atoms with E-state index in [1.54, 1.807) is 0 Å². The van der Waals surface area contributed by atoms with Crippen LogP contribution in [0, 0.1) is 0 Å². The van der Waals surface area contributed by atoms with Gasteiger partial charge in [0.05, 0.1) is 19.8 Å². The van der Waals surface area contributed by atoms with Crippen molar-refractivity contribution in [3.63, 3.8) is 0 Å². The Hall–Kier alpha value is -3.19. The van der Waals surface area contributed by atoms with E-state index in [-0.39, 0.29) is 27.9 Å². The van der Waals surface area contributed by atoms with Crippen molar-refractivity contribution >= 4 is 10.0 Å². The van der Waals surface area contributed by atoms with Gasteiger partial charge in [-0.25, -0.2) is 23.5 Å². The topological polar surface area (TPSA) is 122 Å². The molecule has 0 aliphatic rings. The number of rotatable bonds is 5. The lowest BCUT2D eigenvalue weighted by atomic mass is 10.1. The van der Waals surface area contributed by atoms with Gasteiger partial charge in [-0.2, -0.15) is 17.9 Å². The number of halogens is 3. The fourth-order valence-corrected chi connectivity index (χ4v) is 2.87. The highest BCUT2D eigenvalue weighted by Crippen LogP contribution is 2.35. The largest absolute Gasteiger partial charge is 0.497 e. The Bertz CT molecular complexity index is 1140. The lowest BCUT2D eigenvalue weighted by Crippen LogP contribution is -2.13. The first-order valence-electron chi connectivity index (χ1n) is 7.80. The van der Waals surface area contributed by atoms with Crippen LogP contribution in [-0.2, 0) is 16.2 Å². The lowest BCUT2D eigenvalue weighted by molar-refractivity contribution is -0.144. The van der Waals surface area contributed by atoms with Gasteiger partial charge in [0.15, 0.2) is 11.6 Å². The van der Waals surface area contributed by atoms with Crippen LogP contribution in [-0.4, -0.2) is 42.4 Å². The van der Waals surface area contributed by atoms with Crippen molar-refractivity contribution in [3.05, 3.63) is 42.4 Å². The second-order valence-electron chi connectivity index (χ2n) is 5.63. The molecule has 29 heavy (non-hydrogen) atoms. The third-order valence-electron chi connectivity index (χ3n) is 3.78. The molecule has 0 fully saturated rings. The second kappa shape index (κ2) is 7.33. The highest BCUT2D eigenvalue weighted by atomic mass is 32.2. The molecule has 2 aromatic heterocycles. The number of nitrogens with two attached hydrogens (primary N) is 1. The molecular formula is C16H14F3N5O4S. The van der Waals surface area contributed by atoms with Crippen molar-refractivity contribution < 1.29 is 31.1 Å². The zero-order chi connectivity index (χ0) is 21.4. The van der Waals surface area contributed by atoms with Gasteiger partial charge in [0.1, 0.15) is 16.4 Å². The summed E-state index contributed by atoms with van der Waals surface area (Å²) in [4.78, 5) is 7.14. The first-order chi connectivity index (χ1) is 13.5. The van der Waals surface area contributed by atoms with Gasteiger partial charge in [-0.3, -0.25) is 0 Å². The number of primary sulfonamides is 1. The van der Waals surface area contributed by atoms with Gasteiger partial charge in [0.25, 0.3) is 5.82 Å². The van der Waals surface area contributed by atoms with Gasteiger partial charge in [-0.1, -0.05) is 0 Å².